The van der Waals surface area contributed by atoms with Crippen LogP contribution in [0.2, 0.25) is 0 Å². The number of esters is 1. The lowest BCUT2D eigenvalue weighted by molar-refractivity contribution is 0.0597. The van der Waals surface area contributed by atoms with Gasteiger partial charge in [0.1, 0.15) is 11.3 Å². The molecule has 0 aliphatic rings. The Morgan fingerprint density at radius 3 is 2.40 bits per heavy atom. The number of rotatable bonds is 5. The molecule has 0 bridgehead atoms. The maximum atomic E-state index is 12.3. The molecule has 25 heavy (non-hydrogen) atoms. The number of hydrazine groups is 1. The van der Waals surface area contributed by atoms with E-state index in [9.17, 15) is 23.1 Å². The van der Waals surface area contributed by atoms with E-state index >= 15 is 0 Å². The van der Waals surface area contributed by atoms with Crippen LogP contribution in [0.1, 0.15) is 26.3 Å². The first kappa shape index (κ1) is 18.4. The molecule has 8 nitrogen and oxygen atoms in total. The number of methoxy groups -OCH3 is 1. The molecule has 0 spiro atoms. The zero-order chi connectivity index (χ0) is 18.6. The fourth-order valence-electron chi connectivity index (χ4n) is 2.02. The number of nitrogens with one attached hydrogen (secondary N) is 2. The first-order chi connectivity index (χ1) is 11.8. The SMILES string of the molecule is COC(=O)c1cc(S(=O)(=O)NNC(=O)c2ccccc2C)ccc1O. The molecular formula is C16H16N2O6S. The van der Waals surface area contributed by atoms with Gasteiger partial charge >= 0.3 is 5.97 Å². The first-order valence-electron chi connectivity index (χ1n) is 7.05. The normalized spacial score (nSPS) is 11.0. The highest BCUT2D eigenvalue weighted by molar-refractivity contribution is 7.89. The number of carbonyl (C=O) groups excluding carboxylic acids is 2. The molecule has 0 unspecified atom stereocenters. The van der Waals surface area contributed by atoms with Crippen molar-refractivity contribution in [1.29, 1.82) is 0 Å². The van der Waals surface area contributed by atoms with Crippen molar-refractivity contribution in [1.82, 2.24) is 10.3 Å². The summed E-state index contributed by atoms with van der Waals surface area (Å²) in [5, 5.41) is 9.61. The van der Waals surface area contributed by atoms with Crippen LogP contribution in [0, 0.1) is 6.92 Å². The van der Waals surface area contributed by atoms with Crippen molar-refractivity contribution in [2.75, 3.05) is 7.11 Å². The van der Waals surface area contributed by atoms with Crippen LogP contribution in [0.15, 0.2) is 47.4 Å². The molecule has 0 radical (unpaired) electrons. The van der Waals surface area contributed by atoms with Gasteiger partial charge in [-0.1, -0.05) is 18.2 Å². The molecule has 0 saturated heterocycles. The minimum Gasteiger partial charge on any atom is -0.507 e. The van der Waals surface area contributed by atoms with E-state index in [4.69, 9.17) is 0 Å². The maximum absolute atomic E-state index is 12.3. The van der Waals surface area contributed by atoms with Crippen LogP contribution in [0.5, 0.6) is 5.75 Å². The van der Waals surface area contributed by atoms with Crippen LogP contribution in [0.3, 0.4) is 0 Å². The lowest BCUT2D eigenvalue weighted by atomic mass is 10.1. The number of sulfonamides is 1. The summed E-state index contributed by atoms with van der Waals surface area (Å²) in [7, 11) is -3.06. The molecule has 132 valence electrons. The van der Waals surface area contributed by atoms with Gasteiger partial charge in [0.2, 0.25) is 0 Å². The van der Waals surface area contributed by atoms with Crippen molar-refractivity contribution in [3.63, 3.8) is 0 Å². The van der Waals surface area contributed by atoms with Crippen molar-refractivity contribution in [3.8, 4) is 5.75 Å². The van der Waals surface area contributed by atoms with E-state index in [0.717, 1.165) is 25.3 Å². The van der Waals surface area contributed by atoms with Gasteiger partial charge in [-0.05, 0) is 36.8 Å². The minimum absolute atomic E-state index is 0.310. The zero-order valence-electron chi connectivity index (χ0n) is 13.4. The van der Waals surface area contributed by atoms with Gasteiger partial charge in [0, 0.05) is 5.56 Å². The Hall–Kier alpha value is -2.91. The molecule has 0 aliphatic carbocycles. The van der Waals surface area contributed by atoms with Crippen molar-refractivity contribution in [2.45, 2.75) is 11.8 Å². The molecule has 3 N–H and O–H groups in total. The highest BCUT2D eigenvalue weighted by Crippen LogP contribution is 2.21. The van der Waals surface area contributed by atoms with E-state index in [-0.39, 0.29) is 10.5 Å². The summed E-state index contributed by atoms with van der Waals surface area (Å²) in [6.07, 6.45) is 0. The van der Waals surface area contributed by atoms with E-state index < -0.39 is 27.6 Å². The van der Waals surface area contributed by atoms with Crippen LogP contribution in [0.25, 0.3) is 0 Å². The van der Waals surface area contributed by atoms with Crippen molar-refractivity contribution < 1.29 is 27.9 Å². The number of benzene rings is 2. The van der Waals surface area contributed by atoms with E-state index in [0.29, 0.717) is 11.1 Å². The van der Waals surface area contributed by atoms with Gasteiger partial charge in [-0.2, -0.15) is 0 Å². The molecule has 0 heterocycles. The highest BCUT2D eigenvalue weighted by Gasteiger charge is 2.20. The number of phenolic OH excluding ortho intramolecular Hbond substituents is 1. The Bertz CT molecular complexity index is 924. The number of aromatic hydroxyl groups is 1. The molecule has 9 heteroatoms. The Kier molecular flexibility index (Phi) is 5.40. The quantitative estimate of drug-likeness (QED) is 0.540. The summed E-state index contributed by atoms with van der Waals surface area (Å²) >= 11 is 0. The Balaban J connectivity index is 2.21. The number of amides is 1. The Morgan fingerprint density at radius 2 is 1.76 bits per heavy atom. The summed E-state index contributed by atoms with van der Waals surface area (Å²) in [4.78, 5) is 25.2. The average molecular weight is 364 g/mol. The van der Waals surface area contributed by atoms with E-state index in [1.807, 2.05) is 4.83 Å². The Morgan fingerprint density at radius 1 is 1.08 bits per heavy atom. The summed E-state index contributed by atoms with van der Waals surface area (Å²) in [6, 6.07) is 9.75. The fourth-order valence-corrected chi connectivity index (χ4v) is 2.89. The van der Waals surface area contributed by atoms with Gasteiger partial charge < -0.3 is 9.84 Å². The third kappa shape index (κ3) is 4.14. The molecule has 2 aromatic rings. The van der Waals surface area contributed by atoms with Crippen LogP contribution < -0.4 is 10.3 Å². The zero-order valence-corrected chi connectivity index (χ0v) is 14.3. The molecule has 0 fully saturated rings. The number of carbonyl (C=O) groups is 2. The monoisotopic (exact) mass is 364 g/mol. The lowest BCUT2D eigenvalue weighted by Gasteiger charge is -2.11. The molecule has 2 aromatic carbocycles. The summed E-state index contributed by atoms with van der Waals surface area (Å²) < 4.78 is 29.0. The van der Waals surface area contributed by atoms with Crippen LogP contribution >= 0.6 is 0 Å². The maximum Gasteiger partial charge on any atom is 0.341 e. The first-order valence-corrected chi connectivity index (χ1v) is 8.53. The van der Waals surface area contributed by atoms with Gasteiger partial charge in [0.05, 0.1) is 12.0 Å². The van der Waals surface area contributed by atoms with E-state index in [1.165, 1.54) is 0 Å². The van der Waals surface area contributed by atoms with Crippen molar-refractivity contribution >= 4 is 21.9 Å². The molecule has 1 amide bonds. The Labute approximate surface area is 144 Å². The van der Waals surface area contributed by atoms with Crippen LogP contribution in [0.4, 0.5) is 0 Å². The highest BCUT2D eigenvalue weighted by atomic mass is 32.2. The lowest BCUT2D eigenvalue weighted by Crippen LogP contribution is -2.41. The number of hydrogen-bond donors (Lipinski definition) is 3. The van der Waals surface area contributed by atoms with Crippen LogP contribution in [-0.2, 0) is 14.8 Å². The van der Waals surface area contributed by atoms with Gasteiger partial charge in [-0.3, -0.25) is 10.2 Å². The minimum atomic E-state index is -4.16. The second kappa shape index (κ2) is 7.32. The number of aryl methyl sites for hydroxylation is 1. The van der Waals surface area contributed by atoms with Crippen LogP contribution in [-0.4, -0.2) is 32.5 Å². The van der Waals surface area contributed by atoms with Gasteiger partial charge in [-0.15, -0.1) is 4.83 Å². The predicted molar refractivity (Wildman–Crippen MR) is 88.4 cm³/mol. The summed E-state index contributed by atoms with van der Waals surface area (Å²) in [5.74, 6) is -1.94. The number of phenols is 1. The van der Waals surface area contributed by atoms with Gasteiger partial charge in [0.15, 0.2) is 0 Å². The summed E-state index contributed by atoms with van der Waals surface area (Å²) in [6.45, 7) is 1.71. The average Bonchev–Trinajstić information content (AvgIpc) is 2.59. The fraction of sp³-hybridized carbons (Fsp3) is 0.125. The smallest absolute Gasteiger partial charge is 0.341 e. The largest absolute Gasteiger partial charge is 0.507 e. The molecule has 0 atom stereocenters. The standard InChI is InChI=1S/C16H16N2O6S/c1-10-5-3-4-6-12(10)15(20)17-18-25(22,23)11-7-8-14(19)13(9-11)16(21)24-2/h3-9,18-19H,1-2H3,(H,17,20). The van der Waals surface area contributed by atoms with E-state index in [1.54, 1.807) is 31.2 Å². The van der Waals surface area contributed by atoms with Crippen molar-refractivity contribution in [2.24, 2.45) is 0 Å². The van der Waals surface area contributed by atoms with E-state index in [2.05, 4.69) is 10.2 Å². The third-order valence-corrected chi connectivity index (χ3v) is 4.62. The van der Waals surface area contributed by atoms with Gasteiger partial charge in [-0.25, -0.2) is 13.2 Å². The molecule has 0 aromatic heterocycles. The topological polar surface area (TPSA) is 122 Å². The summed E-state index contributed by atoms with van der Waals surface area (Å²) in [5.41, 5.74) is 2.78. The molecule has 0 aliphatic heterocycles. The number of hydrogen-bond acceptors (Lipinski definition) is 6. The second-order valence-electron chi connectivity index (χ2n) is 5.05. The third-order valence-electron chi connectivity index (χ3n) is 3.37. The molecule has 0 saturated carbocycles. The van der Waals surface area contributed by atoms with Gasteiger partial charge in [0.25, 0.3) is 15.9 Å². The second-order valence-corrected chi connectivity index (χ2v) is 6.73. The van der Waals surface area contributed by atoms with Crippen molar-refractivity contribution in [3.05, 3.63) is 59.2 Å². The predicted octanol–water partition coefficient (Wildman–Crippen LogP) is 1.11. The molecular weight excluding hydrogens is 348 g/mol. The molecule has 2 rings (SSSR count). The number of ether oxygens (including phenoxy) is 1.